The van der Waals surface area contributed by atoms with Crippen molar-refractivity contribution < 1.29 is 57.5 Å². The molecule has 2 unspecified atom stereocenters. The number of carbonyl (C=O) groups is 12. The van der Waals surface area contributed by atoms with Crippen molar-refractivity contribution in [2.45, 2.75) is 76.8 Å². The second-order valence-corrected chi connectivity index (χ2v) is 13.3. The lowest BCUT2D eigenvalue weighted by Crippen LogP contribution is -2.49. The van der Waals surface area contributed by atoms with Gasteiger partial charge in [-0.05, 0) is 32.6 Å². The molecule has 4 rings (SSSR count). The monoisotopic (exact) mass is 762 g/mol. The van der Waals surface area contributed by atoms with Crippen LogP contribution in [0.5, 0.6) is 0 Å². The number of carbonyl (C=O) groups excluding carboxylic acids is 12. The number of nitrogens with zero attached hydrogens (tertiary/aromatic N) is 5. The van der Waals surface area contributed by atoms with Crippen LogP contribution in [0.2, 0.25) is 0 Å². The molecule has 2 atom stereocenters. The van der Waals surface area contributed by atoms with E-state index in [1.807, 2.05) is 0 Å². The first-order chi connectivity index (χ1) is 26.2. The largest absolute Gasteiger partial charge is 0.354 e. The minimum Gasteiger partial charge on any atom is -0.354 e. The average Bonchev–Trinajstić information content (AvgIpc) is 3.85. The van der Waals surface area contributed by atoms with Gasteiger partial charge in [0.1, 0.15) is 11.6 Å². The molecule has 0 bridgehead atoms. The van der Waals surface area contributed by atoms with Crippen LogP contribution in [0.1, 0.15) is 64.7 Å². The Balaban J connectivity index is 1.28. The van der Waals surface area contributed by atoms with Crippen molar-refractivity contribution in [2.24, 2.45) is 0 Å². The molecule has 55 heavy (non-hydrogen) atoms. The summed E-state index contributed by atoms with van der Waals surface area (Å²) in [6.45, 7) is 1.03. The number of imide groups is 4. The molecule has 0 spiro atoms. The molecule has 1 N–H and O–H groups in total. The van der Waals surface area contributed by atoms with Crippen molar-refractivity contribution >= 4 is 70.6 Å². The van der Waals surface area contributed by atoms with E-state index in [2.05, 4.69) is 5.32 Å². The summed E-state index contributed by atoms with van der Waals surface area (Å²) < 4.78 is 0. The number of nitrogens with one attached hydrogen (secondary N) is 1. The second kappa shape index (κ2) is 19.2. The highest BCUT2D eigenvalue weighted by atomic mass is 16.2. The van der Waals surface area contributed by atoms with Crippen molar-refractivity contribution in [3.63, 3.8) is 0 Å². The Bertz CT molecular complexity index is 1610. The van der Waals surface area contributed by atoms with Crippen molar-refractivity contribution in [3.8, 4) is 0 Å². The predicted molar refractivity (Wildman–Crippen MR) is 188 cm³/mol. The number of hydrogen-bond donors (Lipinski definition) is 1. The number of rotatable bonds is 23. The Hall–Kier alpha value is -6.20. The number of amides is 10. The summed E-state index contributed by atoms with van der Waals surface area (Å²) in [7, 11) is 0. The number of ketones is 2. The molecule has 18 heteroatoms. The molecule has 0 aromatic heterocycles. The van der Waals surface area contributed by atoms with E-state index in [1.165, 1.54) is 11.8 Å². The molecular formula is C37H42N6O12. The van der Waals surface area contributed by atoms with E-state index in [0.29, 0.717) is 6.42 Å². The highest BCUT2D eigenvalue weighted by molar-refractivity contribution is 6.15. The molecule has 4 aliphatic heterocycles. The summed E-state index contributed by atoms with van der Waals surface area (Å²) in [6, 6.07) is -1.89. The van der Waals surface area contributed by atoms with E-state index < -0.39 is 65.2 Å². The highest BCUT2D eigenvalue weighted by Crippen LogP contribution is 2.20. The van der Waals surface area contributed by atoms with Gasteiger partial charge in [0, 0.05) is 100 Å². The lowest BCUT2D eigenvalue weighted by molar-refractivity contribution is -0.145. The van der Waals surface area contributed by atoms with E-state index in [1.54, 1.807) is 0 Å². The van der Waals surface area contributed by atoms with Crippen LogP contribution in [0.4, 0.5) is 0 Å². The van der Waals surface area contributed by atoms with Gasteiger partial charge in [-0.15, -0.1) is 0 Å². The minimum absolute atomic E-state index is 0.00243. The SMILES string of the molecule is CC(=O)CCCC(=O)N(CCCC(=O)CCC(CN1C(=O)C=CC1=O)N1C(=O)C=CC1=O)CCNC(=O)CCC(CN1C(=O)C=CC1=O)N1C(=O)C=CC1=O. The van der Waals surface area contributed by atoms with Crippen LogP contribution < -0.4 is 5.32 Å². The van der Waals surface area contributed by atoms with Crippen molar-refractivity contribution in [3.05, 3.63) is 48.6 Å². The quantitative estimate of drug-likeness (QED) is 0.124. The molecule has 0 saturated heterocycles. The molecule has 10 amide bonds. The third-order valence-electron chi connectivity index (χ3n) is 9.33. The molecule has 18 nitrogen and oxygen atoms in total. The van der Waals surface area contributed by atoms with Crippen LogP contribution in [0, 0.1) is 0 Å². The van der Waals surface area contributed by atoms with Crippen LogP contribution in [0.3, 0.4) is 0 Å². The van der Waals surface area contributed by atoms with Crippen molar-refractivity contribution in [2.75, 3.05) is 32.7 Å². The lowest BCUT2D eigenvalue weighted by Gasteiger charge is -2.29. The van der Waals surface area contributed by atoms with Crippen LogP contribution in [0.25, 0.3) is 0 Å². The zero-order chi connectivity index (χ0) is 40.2. The number of hydrogen-bond acceptors (Lipinski definition) is 12. The summed E-state index contributed by atoms with van der Waals surface area (Å²) in [5.41, 5.74) is 0. The molecule has 0 fully saturated rings. The predicted octanol–water partition coefficient (Wildman–Crippen LogP) is -0.963. The fourth-order valence-electron chi connectivity index (χ4n) is 6.44. The van der Waals surface area contributed by atoms with Gasteiger partial charge in [-0.2, -0.15) is 0 Å². The first-order valence-corrected chi connectivity index (χ1v) is 17.9. The zero-order valence-electron chi connectivity index (χ0n) is 30.3. The smallest absolute Gasteiger partial charge is 0.253 e. The third-order valence-corrected chi connectivity index (χ3v) is 9.33. The fraction of sp³-hybridized carbons (Fsp3) is 0.459. The molecule has 4 aliphatic rings. The van der Waals surface area contributed by atoms with Crippen molar-refractivity contribution in [1.82, 2.24) is 29.8 Å². The standard InChI is InChI=1S/C37H42N6O12/c1-24(44)4-2-6-29(47)39(20-3-5-27(45)9-7-25(42-34(52)15-16-35(42)53)22-40-30(48)11-12-31(40)49)21-19-38-28(46)10-8-26(43-36(54)17-18-37(43)55)23-41-32(50)13-14-33(41)51/h11-18,25-26H,2-10,19-23H2,1H3,(H,38,46). The Morgan fingerprint density at radius 3 is 1.44 bits per heavy atom. The summed E-state index contributed by atoms with van der Waals surface area (Å²) >= 11 is 0. The summed E-state index contributed by atoms with van der Waals surface area (Å²) in [4.78, 5) is 153. The fourth-order valence-corrected chi connectivity index (χ4v) is 6.44. The highest BCUT2D eigenvalue weighted by Gasteiger charge is 2.37. The van der Waals surface area contributed by atoms with E-state index in [4.69, 9.17) is 0 Å². The van der Waals surface area contributed by atoms with Crippen LogP contribution in [0.15, 0.2) is 48.6 Å². The van der Waals surface area contributed by atoms with Crippen LogP contribution in [-0.4, -0.2) is 140 Å². The van der Waals surface area contributed by atoms with Gasteiger partial charge in [0.25, 0.3) is 47.3 Å². The van der Waals surface area contributed by atoms with Gasteiger partial charge in [-0.1, -0.05) is 0 Å². The second-order valence-electron chi connectivity index (χ2n) is 13.3. The van der Waals surface area contributed by atoms with Crippen molar-refractivity contribution in [1.29, 1.82) is 0 Å². The van der Waals surface area contributed by atoms with E-state index in [9.17, 15) is 57.5 Å². The normalized spacial score (nSPS) is 17.5. The van der Waals surface area contributed by atoms with Crippen LogP contribution >= 0.6 is 0 Å². The van der Waals surface area contributed by atoms with Gasteiger partial charge < -0.3 is 15.0 Å². The molecule has 292 valence electrons. The van der Waals surface area contributed by atoms with Gasteiger partial charge in [0.2, 0.25) is 11.8 Å². The maximum atomic E-state index is 13.1. The zero-order valence-corrected chi connectivity index (χ0v) is 30.3. The maximum absolute atomic E-state index is 13.1. The molecular weight excluding hydrogens is 720 g/mol. The molecule has 0 aromatic carbocycles. The first kappa shape index (κ1) is 41.6. The third kappa shape index (κ3) is 11.4. The molecule has 0 saturated carbocycles. The van der Waals surface area contributed by atoms with E-state index >= 15 is 0 Å². The molecule has 4 heterocycles. The Labute approximate surface area is 315 Å². The molecule has 0 aromatic rings. The maximum Gasteiger partial charge on any atom is 0.253 e. The molecule has 0 aliphatic carbocycles. The van der Waals surface area contributed by atoms with Gasteiger partial charge in [0.05, 0.1) is 25.2 Å². The topological polar surface area (TPSA) is 233 Å². The first-order valence-electron chi connectivity index (χ1n) is 17.9. The van der Waals surface area contributed by atoms with Gasteiger partial charge in [-0.25, -0.2) is 0 Å². The van der Waals surface area contributed by atoms with E-state index in [-0.39, 0.29) is 102 Å². The number of Topliss-reactive ketones (excluding diaryl/α,β-unsaturated/α-hetero) is 2. The van der Waals surface area contributed by atoms with Gasteiger partial charge >= 0.3 is 0 Å². The summed E-state index contributed by atoms with van der Waals surface area (Å²) in [5, 5.41) is 2.68. The summed E-state index contributed by atoms with van der Waals surface area (Å²) in [6.07, 6.45) is 9.00. The minimum atomic E-state index is -0.962. The average molecular weight is 763 g/mol. The Kier molecular flexibility index (Phi) is 14.5. The summed E-state index contributed by atoms with van der Waals surface area (Å²) in [5.74, 6) is -6.05. The van der Waals surface area contributed by atoms with Crippen LogP contribution in [-0.2, 0) is 57.5 Å². The van der Waals surface area contributed by atoms with Gasteiger partial charge in [-0.3, -0.25) is 72.3 Å². The molecule has 0 radical (unpaired) electrons. The van der Waals surface area contributed by atoms with Gasteiger partial charge in [0.15, 0.2) is 0 Å². The Morgan fingerprint density at radius 2 is 0.982 bits per heavy atom. The van der Waals surface area contributed by atoms with E-state index in [0.717, 1.165) is 68.2 Å². The Morgan fingerprint density at radius 1 is 0.545 bits per heavy atom. The lowest BCUT2D eigenvalue weighted by atomic mass is 10.0.